The maximum Gasteiger partial charge on any atom is 0.165 e. The summed E-state index contributed by atoms with van der Waals surface area (Å²) < 4.78 is 18.5. The summed E-state index contributed by atoms with van der Waals surface area (Å²) in [5, 5.41) is 0.714. The summed E-state index contributed by atoms with van der Waals surface area (Å²) in [4.78, 5) is 1.08. The molecule has 2 nitrogen and oxygen atoms in total. The van der Waals surface area contributed by atoms with Gasteiger partial charge in [-0.25, -0.2) is 4.39 Å². The molecule has 2 N–H and O–H groups in total. The van der Waals surface area contributed by atoms with Gasteiger partial charge in [0.25, 0.3) is 0 Å². The lowest BCUT2D eigenvalue weighted by molar-refractivity contribution is 0.386. The SMILES string of the molecule is COc1ccc(CC(N)CSc2cccc(Cl)c2)cc1F. The molecule has 112 valence electrons. The van der Waals surface area contributed by atoms with Crippen LogP contribution in [0.5, 0.6) is 5.75 Å². The number of nitrogens with two attached hydrogens (primary N) is 1. The molecule has 0 saturated carbocycles. The molecule has 2 rings (SSSR count). The fraction of sp³-hybridized carbons (Fsp3) is 0.250. The molecular weight excluding hydrogens is 309 g/mol. The van der Waals surface area contributed by atoms with Crippen molar-refractivity contribution in [2.75, 3.05) is 12.9 Å². The summed E-state index contributed by atoms with van der Waals surface area (Å²) in [6.07, 6.45) is 0.620. The van der Waals surface area contributed by atoms with Gasteiger partial charge >= 0.3 is 0 Å². The van der Waals surface area contributed by atoms with Gasteiger partial charge in [-0.1, -0.05) is 23.7 Å². The summed E-state index contributed by atoms with van der Waals surface area (Å²) in [5.74, 6) is 0.638. The Balaban J connectivity index is 1.89. The molecule has 0 radical (unpaired) electrons. The molecule has 0 spiro atoms. The average molecular weight is 326 g/mol. The summed E-state index contributed by atoms with van der Waals surface area (Å²) in [7, 11) is 1.45. The smallest absolute Gasteiger partial charge is 0.165 e. The monoisotopic (exact) mass is 325 g/mol. The minimum Gasteiger partial charge on any atom is -0.494 e. The Morgan fingerprint density at radius 1 is 1.29 bits per heavy atom. The van der Waals surface area contributed by atoms with E-state index in [4.69, 9.17) is 22.1 Å². The Labute approximate surface area is 133 Å². The van der Waals surface area contributed by atoms with Crippen LogP contribution in [0.3, 0.4) is 0 Å². The number of ether oxygens (including phenoxy) is 1. The minimum atomic E-state index is -0.357. The first-order valence-electron chi connectivity index (χ1n) is 6.55. The van der Waals surface area contributed by atoms with E-state index in [1.807, 2.05) is 30.3 Å². The lowest BCUT2D eigenvalue weighted by Gasteiger charge is -2.12. The van der Waals surface area contributed by atoms with Crippen LogP contribution < -0.4 is 10.5 Å². The van der Waals surface area contributed by atoms with Gasteiger partial charge in [0.2, 0.25) is 0 Å². The van der Waals surface area contributed by atoms with Gasteiger partial charge in [0.05, 0.1) is 7.11 Å². The maximum absolute atomic E-state index is 13.6. The highest BCUT2D eigenvalue weighted by atomic mass is 35.5. The molecule has 2 aromatic carbocycles. The van der Waals surface area contributed by atoms with Crippen LogP contribution in [0.25, 0.3) is 0 Å². The molecule has 0 aliphatic rings. The van der Waals surface area contributed by atoms with Gasteiger partial charge < -0.3 is 10.5 Å². The predicted octanol–water partition coefficient (Wildman–Crippen LogP) is 4.15. The molecule has 0 saturated heterocycles. The molecule has 0 fully saturated rings. The van der Waals surface area contributed by atoms with E-state index in [0.717, 1.165) is 16.2 Å². The van der Waals surface area contributed by atoms with Crippen LogP contribution >= 0.6 is 23.4 Å². The van der Waals surface area contributed by atoms with Gasteiger partial charge in [0.15, 0.2) is 11.6 Å². The highest BCUT2D eigenvalue weighted by Crippen LogP contribution is 2.23. The number of methoxy groups -OCH3 is 1. The van der Waals surface area contributed by atoms with Crippen molar-refractivity contribution in [2.24, 2.45) is 5.73 Å². The van der Waals surface area contributed by atoms with Gasteiger partial charge in [-0.15, -0.1) is 11.8 Å². The maximum atomic E-state index is 13.6. The molecule has 2 aromatic rings. The molecular formula is C16H17ClFNOS. The third-order valence-corrected chi connectivity index (χ3v) is 4.39. The number of benzene rings is 2. The number of thioether (sulfide) groups is 1. The summed E-state index contributed by atoms with van der Waals surface area (Å²) >= 11 is 7.58. The van der Waals surface area contributed by atoms with Crippen LogP contribution in [0.1, 0.15) is 5.56 Å². The molecule has 0 bridgehead atoms. The number of hydrogen-bond acceptors (Lipinski definition) is 3. The topological polar surface area (TPSA) is 35.2 Å². The van der Waals surface area contributed by atoms with Crippen LogP contribution in [0.2, 0.25) is 5.02 Å². The first-order chi connectivity index (χ1) is 10.1. The Morgan fingerprint density at radius 3 is 2.76 bits per heavy atom. The van der Waals surface area contributed by atoms with Gasteiger partial charge in [0, 0.05) is 21.7 Å². The van der Waals surface area contributed by atoms with E-state index in [2.05, 4.69) is 0 Å². The lowest BCUT2D eigenvalue weighted by atomic mass is 10.1. The first-order valence-corrected chi connectivity index (χ1v) is 7.91. The van der Waals surface area contributed by atoms with Crippen molar-refractivity contribution in [3.05, 3.63) is 58.9 Å². The van der Waals surface area contributed by atoms with Crippen molar-refractivity contribution in [2.45, 2.75) is 17.4 Å². The predicted molar refractivity (Wildman–Crippen MR) is 86.8 cm³/mol. The van der Waals surface area contributed by atoms with Crippen molar-refractivity contribution >= 4 is 23.4 Å². The molecule has 0 heterocycles. The summed E-state index contributed by atoms with van der Waals surface area (Å²) in [6.45, 7) is 0. The molecule has 5 heteroatoms. The second kappa shape index (κ2) is 7.69. The molecule has 0 aromatic heterocycles. The molecule has 1 atom stereocenters. The molecule has 21 heavy (non-hydrogen) atoms. The van der Waals surface area contributed by atoms with Gasteiger partial charge in [-0.2, -0.15) is 0 Å². The zero-order chi connectivity index (χ0) is 15.2. The quantitative estimate of drug-likeness (QED) is 0.810. The Bertz CT molecular complexity index is 609. The van der Waals surface area contributed by atoms with Crippen molar-refractivity contribution in [1.29, 1.82) is 0 Å². The largest absolute Gasteiger partial charge is 0.494 e. The fourth-order valence-corrected chi connectivity index (χ4v) is 3.12. The number of halogens is 2. The van der Waals surface area contributed by atoms with E-state index in [-0.39, 0.29) is 17.6 Å². The minimum absolute atomic E-state index is 0.0539. The molecule has 0 aliphatic heterocycles. The average Bonchev–Trinajstić information content (AvgIpc) is 2.45. The second-order valence-electron chi connectivity index (χ2n) is 4.70. The standard InChI is InChI=1S/C16H17ClFNOS/c1-20-16-6-5-11(8-15(16)18)7-13(19)10-21-14-4-2-3-12(17)9-14/h2-6,8-9,13H,7,10,19H2,1H3. The van der Waals surface area contributed by atoms with Crippen molar-refractivity contribution < 1.29 is 9.13 Å². The van der Waals surface area contributed by atoms with E-state index in [0.29, 0.717) is 11.4 Å². The lowest BCUT2D eigenvalue weighted by Crippen LogP contribution is -2.25. The third kappa shape index (κ3) is 4.92. The van der Waals surface area contributed by atoms with Crippen molar-refractivity contribution in [1.82, 2.24) is 0 Å². The van der Waals surface area contributed by atoms with Crippen LogP contribution in [-0.2, 0) is 6.42 Å². The van der Waals surface area contributed by atoms with Gasteiger partial charge in [-0.05, 0) is 42.3 Å². The normalized spacial score (nSPS) is 12.2. The van der Waals surface area contributed by atoms with E-state index in [1.165, 1.54) is 13.2 Å². The molecule has 0 amide bonds. The number of hydrogen-bond donors (Lipinski definition) is 1. The van der Waals surface area contributed by atoms with Crippen LogP contribution in [0.15, 0.2) is 47.4 Å². The Hall–Kier alpha value is -1.23. The van der Waals surface area contributed by atoms with Crippen LogP contribution in [-0.4, -0.2) is 18.9 Å². The van der Waals surface area contributed by atoms with E-state index in [1.54, 1.807) is 17.8 Å². The van der Waals surface area contributed by atoms with Gasteiger partial charge in [-0.3, -0.25) is 0 Å². The van der Waals surface area contributed by atoms with Gasteiger partial charge in [0.1, 0.15) is 0 Å². The number of rotatable bonds is 6. The highest BCUT2D eigenvalue weighted by Gasteiger charge is 2.08. The van der Waals surface area contributed by atoms with E-state index in [9.17, 15) is 4.39 Å². The first kappa shape index (κ1) is 16.1. The molecule has 1 unspecified atom stereocenters. The zero-order valence-corrected chi connectivity index (χ0v) is 13.3. The van der Waals surface area contributed by atoms with E-state index >= 15 is 0 Å². The van der Waals surface area contributed by atoms with Crippen LogP contribution in [0.4, 0.5) is 4.39 Å². The second-order valence-corrected chi connectivity index (χ2v) is 6.23. The fourth-order valence-electron chi connectivity index (χ4n) is 1.96. The van der Waals surface area contributed by atoms with Crippen molar-refractivity contribution in [3.8, 4) is 5.75 Å². The summed E-state index contributed by atoms with van der Waals surface area (Å²) in [5.41, 5.74) is 6.97. The summed E-state index contributed by atoms with van der Waals surface area (Å²) in [6, 6.07) is 12.5. The Morgan fingerprint density at radius 2 is 2.10 bits per heavy atom. The van der Waals surface area contributed by atoms with Crippen molar-refractivity contribution in [3.63, 3.8) is 0 Å². The molecule has 0 aliphatic carbocycles. The Kier molecular flexibility index (Phi) is 5.91. The zero-order valence-electron chi connectivity index (χ0n) is 11.7. The van der Waals surface area contributed by atoms with E-state index < -0.39 is 0 Å². The van der Waals surface area contributed by atoms with Crippen LogP contribution in [0, 0.1) is 5.82 Å². The highest BCUT2D eigenvalue weighted by molar-refractivity contribution is 7.99. The third-order valence-electron chi connectivity index (χ3n) is 2.97.